The predicted molar refractivity (Wildman–Crippen MR) is 77.4 cm³/mol. The first-order valence-electron chi connectivity index (χ1n) is 6.19. The van der Waals surface area contributed by atoms with Crippen molar-refractivity contribution < 1.29 is 17.9 Å². The van der Waals surface area contributed by atoms with Gasteiger partial charge >= 0.3 is 0 Å². The number of amides is 1. The minimum Gasteiger partial charge on any atom is -0.399 e. The molecule has 0 bridgehead atoms. The van der Waals surface area contributed by atoms with Gasteiger partial charge in [-0.1, -0.05) is 0 Å². The van der Waals surface area contributed by atoms with Gasteiger partial charge in [0.2, 0.25) is 0 Å². The molecule has 20 heavy (non-hydrogen) atoms. The molecule has 0 saturated heterocycles. The van der Waals surface area contributed by atoms with Crippen molar-refractivity contribution in [3.63, 3.8) is 0 Å². The first-order chi connectivity index (χ1) is 9.25. The highest BCUT2D eigenvalue weighted by Gasteiger charge is 2.16. The zero-order valence-corrected chi connectivity index (χ0v) is 12.7. The van der Waals surface area contributed by atoms with E-state index < -0.39 is 9.84 Å². The van der Waals surface area contributed by atoms with Crippen LogP contribution in [0.3, 0.4) is 0 Å². The Morgan fingerprint density at radius 2 is 2.00 bits per heavy atom. The zero-order valence-electron chi connectivity index (χ0n) is 11.9. The molecule has 0 heterocycles. The molecule has 0 spiro atoms. The Kier molecular flexibility index (Phi) is 5.52. The fraction of sp³-hybridized carbons (Fsp3) is 0.462. The maximum absolute atomic E-state index is 12.2. The number of anilines is 1. The Labute approximate surface area is 119 Å². The van der Waals surface area contributed by atoms with Crippen LogP contribution in [0.15, 0.2) is 23.1 Å². The smallest absolute Gasteiger partial charge is 0.253 e. The van der Waals surface area contributed by atoms with E-state index in [2.05, 4.69) is 0 Å². The number of nitrogen functional groups attached to an aromatic ring is 1. The van der Waals surface area contributed by atoms with E-state index in [1.54, 1.807) is 7.05 Å². The Balaban J connectivity index is 2.96. The van der Waals surface area contributed by atoms with Crippen LogP contribution in [0.2, 0.25) is 0 Å². The third kappa shape index (κ3) is 4.50. The molecule has 0 aliphatic heterocycles. The largest absolute Gasteiger partial charge is 0.399 e. The quantitative estimate of drug-likeness (QED) is 0.619. The van der Waals surface area contributed by atoms with Gasteiger partial charge in [0.15, 0.2) is 9.84 Å². The normalized spacial score (nSPS) is 11.3. The Morgan fingerprint density at radius 1 is 1.35 bits per heavy atom. The molecular weight excluding hydrogens is 280 g/mol. The summed E-state index contributed by atoms with van der Waals surface area (Å²) < 4.78 is 28.3. The molecule has 6 nitrogen and oxygen atoms in total. The average molecular weight is 300 g/mol. The van der Waals surface area contributed by atoms with Crippen LogP contribution in [0, 0.1) is 0 Å². The number of nitrogens with two attached hydrogens (primary N) is 1. The number of benzene rings is 1. The molecule has 1 amide bonds. The molecule has 0 unspecified atom stereocenters. The van der Waals surface area contributed by atoms with E-state index in [1.165, 1.54) is 23.1 Å². The Morgan fingerprint density at radius 3 is 2.55 bits per heavy atom. The highest BCUT2D eigenvalue weighted by molar-refractivity contribution is 7.90. The summed E-state index contributed by atoms with van der Waals surface area (Å²) in [4.78, 5) is 13.7. The van der Waals surface area contributed by atoms with Crippen LogP contribution in [0.1, 0.15) is 17.3 Å². The van der Waals surface area contributed by atoms with E-state index in [0.29, 0.717) is 19.8 Å². The maximum Gasteiger partial charge on any atom is 0.253 e. The van der Waals surface area contributed by atoms with Gasteiger partial charge in [0, 0.05) is 37.7 Å². The lowest BCUT2D eigenvalue weighted by molar-refractivity contribution is 0.0710. The molecular formula is C13H20N2O4S. The number of ether oxygens (including phenoxy) is 1. The summed E-state index contributed by atoms with van der Waals surface area (Å²) in [6, 6.07) is 4.14. The molecule has 0 aliphatic carbocycles. The van der Waals surface area contributed by atoms with Crippen molar-refractivity contribution in [3.05, 3.63) is 23.8 Å². The van der Waals surface area contributed by atoms with Gasteiger partial charge in [-0.05, 0) is 25.1 Å². The van der Waals surface area contributed by atoms with Gasteiger partial charge in [-0.15, -0.1) is 0 Å². The zero-order chi connectivity index (χ0) is 15.3. The summed E-state index contributed by atoms with van der Waals surface area (Å²) in [7, 11) is -1.77. The number of hydrogen-bond donors (Lipinski definition) is 1. The number of hydrogen-bond acceptors (Lipinski definition) is 5. The standard InChI is InChI=1S/C13H20N2O4S/c1-4-19-6-5-15(2)13(16)10-7-11(14)9-12(8-10)20(3,17)18/h7-9H,4-6,14H2,1-3H3. The van der Waals surface area contributed by atoms with Crippen molar-refractivity contribution in [2.45, 2.75) is 11.8 Å². The van der Waals surface area contributed by atoms with Gasteiger partial charge in [0.1, 0.15) is 0 Å². The predicted octanol–water partition coefficient (Wildman–Crippen LogP) is 0.781. The van der Waals surface area contributed by atoms with Gasteiger partial charge in [-0.3, -0.25) is 4.79 Å². The number of carbonyl (C=O) groups excluding carboxylic acids is 1. The van der Waals surface area contributed by atoms with Crippen molar-refractivity contribution in [3.8, 4) is 0 Å². The summed E-state index contributed by atoms with van der Waals surface area (Å²) in [5.74, 6) is -0.290. The lowest BCUT2D eigenvalue weighted by atomic mass is 10.2. The summed E-state index contributed by atoms with van der Waals surface area (Å²) in [5.41, 5.74) is 6.15. The Hall–Kier alpha value is -1.60. The molecule has 0 fully saturated rings. The fourth-order valence-corrected chi connectivity index (χ4v) is 2.32. The SMILES string of the molecule is CCOCCN(C)C(=O)c1cc(N)cc(S(C)(=O)=O)c1. The summed E-state index contributed by atoms with van der Waals surface area (Å²) in [6.07, 6.45) is 1.08. The van der Waals surface area contributed by atoms with Crippen molar-refractivity contribution in [1.82, 2.24) is 4.90 Å². The van der Waals surface area contributed by atoms with Crippen molar-refractivity contribution in [1.29, 1.82) is 0 Å². The van der Waals surface area contributed by atoms with Crippen molar-refractivity contribution in [2.75, 3.05) is 38.8 Å². The van der Waals surface area contributed by atoms with Gasteiger partial charge < -0.3 is 15.4 Å². The van der Waals surface area contributed by atoms with Crippen LogP contribution < -0.4 is 5.73 Å². The van der Waals surface area contributed by atoms with Crippen LogP contribution in [0.5, 0.6) is 0 Å². The van der Waals surface area contributed by atoms with E-state index in [0.717, 1.165) is 6.26 Å². The minimum absolute atomic E-state index is 0.0408. The number of nitrogens with zero attached hydrogens (tertiary/aromatic N) is 1. The van der Waals surface area contributed by atoms with Crippen LogP contribution in [-0.4, -0.2) is 52.3 Å². The van der Waals surface area contributed by atoms with Gasteiger partial charge in [-0.25, -0.2) is 8.42 Å². The second-order valence-electron chi connectivity index (χ2n) is 4.49. The van der Waals surface area contributed by atoms with Gasteiger partial charge in [0.25, 0.3) is 5.91 Å². The van der Waals surface area contributed by atoms with Crippen molar-refractivity contribution in [2.24, 2.45) is 0 Å². The van der Waals surface area contributed by atoms with Crippen LogP contribution in [-0.2, 0) is 14.6 Å². The average Bonchev–Trinajstić information content (AvgIpc) is 2.36. The minimum atomic E-state index is -3.40. The molecule has 0 saturated carbocycles. The third-order valence-electron chi connectivity index (χ3n) is 2.73. The number of likely N-dealkylation sites (N-methyl/N-ethyl adjacent to an activating group) is 1. The second kappa shape index (κ2) is 6.71. The summed E-state index contributed by atoms with van der Waals surface area (Å²) >= 11 is 0. The highest BCUT2D eigenvalue weighted by Crippen LogP contribution is 2.17. The van der Waals surface area contributed by atoms with E-state index in [1.807, 2.05) is 6.92 Å². The number of carbonyl (C=O) groups is 1. The molecule has 1 aromatic rings. The molecule has 0 aromatic heterocycles. The molecule has 1 aromatic carbocycles. The first kappa shape index (κ1) is 16.5. The van der Waals surface area contributed by atoms with Crippen LogP contribution in [0.25, 0.3) is 0 Å². The van der Waals surface area contributed by atoms with E-state index in [-0.39, 0.29) is 22.1 Å². The molecule has 112 valence electrons. The van der Waals surface area contributed by atoms with Crippen molar-refractivity contribution >= 4 is 21.4 Å². The monoisotopic (exact) mass is 300 g/mol. The molecule has 0 radical (unpaired) electrons. The summed E-state index contributed by atoms with van der Waals surface area (Å²) in [5, 5.41) is 0. The fourth-order valence-electron chi connectivity index (χ4n) is 1.63. The molecule has 1 rings (SSSR count). The van der Waals surface area contributed by atoms with Crippen LogP contribution in [0.4, 0.5) is 5.69 Å². The number of sulfone groups is 1. The van der Waals surface area contributed by atoms with E-state index in [9.17, 15) is 13.2 Å². The molecule has 2 N–H and O–H groups in total. The molecule has 7 heteroatoms. The van der Waals surface area contributed by atoms with Gasteiger partial charge in [0.05, 0.1) is 11.5 Å². The Bertz CT molecular complexity index is 584. The maximum atomic E-state index is 12.2. The summed E-state index contributed by atoms with van der Waals surface area (Å²) in [6.45, 7) is 3.31. The molecule has 0 aliphatic rings. The lowest BCUT2D eigenvalue weighted by Gasteiger charge is -2.17. The van der Waals surface area contributed by atoms with Gasteiger partial charge in [-0.2, -0.15) is 0 Å². The lowest BCUT2D eigenvalue weighted by Crippen LogP contribution is -2.30. The first-order valence-corrected chi connectivity index (χ1v) is 8.08. The van der Waals surface area contributed by atoms with E-state index in [4.69, 9.17) is 10.5 Å². The third-order valence-corrected chi connectivity index (χ3v) is 3.82. The van der Waals surface area contributed by atoms with E-state index >= 15 is 0 Å². The number of rotatable bonds is 6. The second-order valence-corrected chi connectivity index (χ2v) is 6.50. The van der Waals surface area contributed by atoms with Crippen LogP contribution >= 0.6 is 0 Å². The topological polar surface area (TPSA) is 89.7 Å². The highest BCUT2D eigenvalue weighted by atomic mass is 32.2. The molecule has 0 atom stereocenters.